The highest BCUT2D eigenvalue weighted by Crippen LogP contribution is 2.19. The Labute approximate surface area is 126 Å². The van der Waals surface area contributed by atoms with Gasteiger partial charge in [0.2, 0.25) is 5.91 Å². The summed E-state index contributed by atoms with van der Waals surface area (Å²) < 4.78 is 0. The molecule has 1 amide bonds. The number of hydrogen-bond donors (Lipinski definition) is 1. The zero-order valence-corrected chi connectivity index (χ0v) is 12.7. The maximum absolute atomic E-state index is 12.1. The van der Waals surface area contributed by atoms with Crippen molar-refractivity contribution < 1.29 is 14.7 Å². The summed E-state index contributed by atoms with van der Waals surface area (Å²) in [6.45, 7) is 0.534. The number of carbonyl (C=O) groups is 2. The second kappa shape index (κ2) is 7.59. The summed E-state index contributed by atoms with van der Waals surface area (Å²) in [5, 5.41) is 9.15. The van der Waals surface area contributed by atoms with E-state index in [0.717, 1.165) is 11.5 Å². The molecule has 1 aliphatic heterocycles. The fraction of sp³-hybridized carbons (Fsp3) is 0.429. The number of carbonyl (C=O) groups excluding carboxylic acids is 1. The zero-order valence-electron chi connectivity index (χ0n) is 11.0. The highest BCUT2D eigenvalue weighted by molar-refractivity contribution is 7.99. The normalized spacial score (nSPS) is 18.8. The Morgan fingerprint density at radius 3 is 2.80 bits per heavy atom. The molecule has 2 rings (SSSR count). The molecule has 1 fully saturated rings. The maximum atomic E-state index is 12.1. The average molecular weight is 311 g/mol. The second-order valence-electron chi connectivity index (χ2n) is 4.49. The minimum absolute atomic E-state index is 0.0707. The van der Waals surface area contributed by atoms with Gasteiger partial charge in [-0.3, -0.25) is 4.79 Å². The molecule has 1 heterocycles. The summed E-state index contributed by atoms with van der Waals surface area (Å²) in [6, 6.07) is 9.28. The van der Waals surface area contributed by atoms with Crippen LogP contribution in [0, 0.1) is 0 Å². The SMILES string of the molecule is O=C(O)C1CSCCN1C(=O)CSCc1ccccc1. The van der Waals surface area contributed by atoms with E-state index in [-0.39, 0.29) is 5.91 Å². The minimum atomic E-state index is -0.904. The number of aliphatic carboxylic acids is 1. The Hall–Kier alpha value is -1.14. The smallest absolute Gasteiger partial charge is 0.327 e. The molecule has 0 aromatic heterocycles. The summed E-state index contributed by atoms with van der Waals surface area (Å²) in [5.74, 6) is 1.44. The molecule has 1 aromatic rings. The lowest BCUT2D eigenvalue weighted by molar-refractivity contribution is -0.148. The van der Waals surface area contributed by atoms with Crippen LogP contribution in [0.4, 0.5) is 0 Å². The fourth-order valence-corrected chi connectivity index (χ4v) is 3.93. The molecule has 108 valence electrons. The molecule has 0 saturated carbocycles. The van der Waals surface area contributed by atoms with Crippen molar-refractivity contribution in [2.24, 2.45) is 0 Å². The van der Waals surface area contributed by atoms with Gasteiger partial charge in [0, 0.05) is 23.8 Å². The first-order chi connectivity index (χ1) is 9.68. The zero-order chi connectivity index (χ0) is 14.4. The fourth-order valence-electron chi connectivity index (χ4n) is 2.02. The summed E-state index contributed by atoms with van der Waals surface area (Å²) in [5.41, 5.74) is 1.18. The quantitative estimate of drug-likeness (QED) is 0.901. The van der Waals surface area contributed by atoms with Crippen molar-refractivity contribution >= 4 is 35.4 Å². The van der Waals surface area contributed by atoms with Gasteiger partial charge in [-0.05, 0) is 5.56 Å². The van der Waals surface area contributed by atoms with E-state index in [1.54, 1.807) is 11.8 Å². The lowest BCUT2D eigenvalue weighted by Gasteiger charge is -2.32. The van der Waals surface area contributed by atoms with Crippen LogP contribution >= 0.6 is 23.5 Å². The first-order valence-electron chi connectivity index (χ1n) is 6.40. The number of thioether (sulfide) groups is 2. The first-order valence-corrected chi connectivity index (χ1v) is 8.71. The summed E-state index contributed by atoms with van der Waals surface area (Å²) in [4.78, 5) is 24.8. The van der Waals surface area contributed by atoms with Crippen LogP contribution < -0.4 is 0 Å². The third-order valence-electron chi connectivity index (χ3n) is 3.07. The van der Waals surface area contributed by atoms with Crippen molar-refractivity contribution in [2.45, 2.75) is 11.8 Å². The van der Waals surface area contributed by atoms with Crippen LogP contribution in [-0.4, -0.2) is 51.7 Å². The number of carboxylic acid groups (broad SMARTS) is 1. The molecule has 0 bridgehead atoms. The topological polar surface area (TPSA) is 57.6 Å². The Kier molecular flexibility index (Phi) is 5.79. The van der Waals surface area contributed by atoms with Gasteiger partial charge < -0.3 is 10.0 Å². The van der Waals surface area contributed by atoms with E-state index >= 15 is 0 Å². The maximum Gasteiger partial charge on any atom is 0.327 e. The van der Waals surface area contributed by atoms with Crippen LogP contribution in [0.25, 0.3) is 0 Å². The van der Waals surface area contributed by atoms with E-state index in [4.69, 9.17) is 5.11 Å². The number of carboxylic acids is 1. The third kappa shape index (κ3) is 4.18. The molecule has 6 heteroatoms. The third-order valence-corrected chi connectivity index (χ3v) is 5.08. The number of hydrogen-bond acceptors (Lipinski definition) is 4. The van der Waals surface area contributed by atoms with Gasteiger partial charge in [-0.25, -0.2) is 4.79 Å². The van der Waals surface area contributed by atoms with Gasteiger partial charge in [-0.2, -0.15) is 11.8 Å². The van der Waals surface area contributed by atoms with E-state index in [9.17, 15) is 9.59 Å². The minimum Gasteiger partial charge on any atom is -0.480 e. The summed E-state index contributed by atoms with van der Waals surface area (Å²) >= 11 is 3.12. The van der Waals surface area contributed by atoms with Crippen molar-refractivity contribution in [1.82, 2.24) is 4.90 Å². The van der Waals surface area contributed by atoms with Crippen molar-refractivity contribution in [3.05, 3.63) is 35.9 Å². The second-order valence-corrected chi connectivity index (χ2v) is 6.63. The van der Waals surface area contributed by atoms with E-state index in [1.807, 2.05) is 30.3 Å². The van der Waals surface area contributed by atoms with Crippen LogP contribution in [0.5, 0.6) is 0 Å². The van der Waals surface area contributed by atoms with Crippen LogP contribution in [-0.2, 0) is 15.3 Å². The van der Waals surface area contributed by atoms with Crippen molar-refractivity contribution in [3.8, 4) is 0 Å². The van der Waals surface area contributed by atoms with E-state index in [1.165, 1.54) is 22.2 Å². The highest BCUT2D eigenvalue weighted by Gasteiger charge is 2.31. The summed E-state index contributed by atoms with van der Waals surface area (Å²) in [7, 11) is 0. The molecule has 1 atom stereocenters. The van der Waals surface area contributed by atoms with Crippen LogP contribution in [0.15, 0.2) is 30.3 Å². The highest BCUT2D eigenvalue weighted by atomic mass is 32.2. The molecule has 1 N–H and O–H groups in total. The average Bonchev–Trinajstić information content (AvgIpc) is 2.48. The van der Waals surface area contributed by atoms with Crippen molar-refractivity contribution in [1.29, 1.82) is 0 Å². The van der Waals surface area contributed by atoms with Crippen LogP contribution in [0.2, 0.25) is 0 Å². The van der Waals surface area contributed by atoms with Gasteiger partial charge in [-0.15, -0.1) is 11.8 Å². The molecule has 0 radical (unpaired) electrons. The molecule has 1 aliphatic rings. The van der Waals surface area contributed by atoms with Crippen LogP contribution in [0.3, 0.4) is 0 Å². The first kappa shape index (κ1) is 15.3. The molecule has 1 aromatic carbocycles. The van der Waals surface area contributed by atoms with E-state index in [0.29, 0.717) is 18.1 Å². The number of amides is 1. The Bertz CT molecular complexity index is 467. The molecule has 1 saturated heterocycles. The predicted molar refractivity (Wildman–Crippen MR) is 83.1 cm³/mol. The molecule has 0 aliphatic carbocycles. The van der Waals surface area contributed by atoms with E-state index in [2.05, 4.69) is 0 Å². The van der Waals surface area contributed by atoms with Gasteiger partial charge in [0.1, 0.15) is 6.04 Å². The largest absolute Gasteiger partial charge is 0.480 e. The van der Waals surface area contributed by atoms with Gasteiger partial charge in [0.25, 0.3) is 0 Å². The molecule has 0 spiro atoms. The number of nitrogens with zero attached hydrogens (tertiary/aromatic N) is 1. The molecule has 4 nitrogen and oxygen atoms in total. The van der Waals surface area contributed by atoms with Crippen molar-refractivity contribution in [2.75, 3.05) is 23.8 Å². The van der Waals surface area contributed by atoms with Gasteiger partial charge in [0.15, 0.2) is 0 Å². The summed E-state index contributed by atoms with van der Waals surface area (Å²) in [6.07, 6.45) is 0. The Balaban J connectivity index is 1.83. The van der Waals surface area contributed by atoms with Gasteiger partial charge in [-0.1, -0.05) is 30.3 Å². The monoisotopic (exact) mass is 311 g/mol. The van der Waals surface area contributed by atoms with Crippen molar-refractivity contribution in [3.63, 3.8) is 0 Å². The lowest BCUT2D eigenvalue weighted by Crippen LogP contribution is -2.50. The molecule has 1 unspecified atom stereocenters. The number of rotatable bonds is 5. The van der Waals surface area contributed by atoms with Crippen LogP contribution in [0.1, 0.15) is 5.56 Å². The Morgan fingerprint density at radius 2 is 2.10 bits per heavy atom. The standard InChI is InChI=1S/C14H17NO3S2/c16-13(10-20-8-11-4-2-1-3-5-11)15-6-7-19-9-12(15)14(17)18/h1-5,12H,6-10H2,(H,17,18). The lowest BCUT2D eigenvalue weighted by atomic mass is 10.2. The molecular weight excluding hydrogens is 294 g/mol. The van der Waals surface area contributed by atoms with Gasteiger partial charge >= 0.3 is 5.97 Å². The van der Waals surface area contributed by atoms with Gasteiger partial charge in [0.05, 0.1) is 5.75 Å². The Morgan fingerprint density at radius 1 is 1.35 bits per heavy atom. The van der Waals surface area contributed by atoms with E-state index < -0.39 is 12.0 Å². The predicted octanol–water partition coefficient (Wildman–Crippen LogP) is 1.95. The molecular formula is C14H17NO3S2. The molecule has 20 heavy (non-hydrogen) atoms. The number of benzene rings is 1.